The topological polar surface area (TPSA) is 75.4 Å². The number of rotatable bonds is 5. The van der Waals surface area contributed by atoms with Gasteiger partial charge in [0.15, 0.2) is 5.58 Å². The molecule has 36 heavy (non-hydrogen) atoms. The molecule has 3 aromatic carbocycles. The van der Waals surface area contributed by atoms with Crippen molar-refractivity contribution in [3.05, 3.63) is 83.4 Å². The van der Waals surface area contributed by atoms with Gasteiger partial charge in [0.05, 0.1) is 0 Å². The van der Waals surface area contributed by atoms with E-state index in [4.69, 9.17) is 4.42 Å². The van der Waals surface area contributed by atoms with E-state index >= 15 is 0 Å². The molecule has 1 atom stereocenters. The third-order valence-corrected chi connectivity index (χ3v) is 7.47. The van der Waals surface area contributed by atoms with Gasteiger partial charge in [0, 0.05) is 35.8 Å². The Balaban J connectivity index is 1.21. The van der Waals surface area contributed by atoms with E-state index in [0.717, 1.165) is 35.2 Å². The Bertz CT molecular complexity index is 1400. The lowest BCUT2D eigenvalue weighted by molar-refractivity contribution is -0.121. The zero-order valence-electron chi connectivity index (χ0n) is 21.0. The van der Waals surface area contributed by atoms with Crippen LogP contribution in [0.5, 0.6) is 0 Å². The number of fused-ring (bicyclic) bond motifs is 1. The van der Waals surface area contributed by atoms with E-state index in [9.17, 15) is 9.59 Å². The first-order chi connectivity index (χ1) is 17.4. The van der Waals surface area contributed by atoms with Crippen molar-refractivity contribution in [1.29, 1.82) is 0 Å². The number of likely N-dealkylation sites (tertiary alicyclic amines) is 1. The zero-order valence-corrected chi connectivity index (χ0v) is 21.0. The average molecular weight is 482 g/mol. The molecule has 4 aromatic rings. The highest BCUT2D eigenvalue weighted by Gasteiger charge is 2.30. The van der Waals surface area contributed by atoms with Crippen LogP contribution in [0.2, 0.25) is 0 Å². The summed E-state index contributed by atoms with van der Waals surface area (Å²) in [6.07, 6.45) is 1.61. The van der Waals surface area contributed by atoms with Crippen molar-refractivity contribution < 1.29 is 14.0 Å². The van der Waals surface area contributed by atoms with Crippen LogP contribution in [0.3, 0.4) is 0 Å². The van der Waals surface area contributed by atoms with Gasteiger partial charge in [-0.05, 0) is 80.1 Å². The highest BCUT2D eigenvalue weighted by Crippen LogP contribution is 2.29. The molecule has 1 aliphatic rings. The number of anilines is 1. The number of benzene rings is 3. The molecule has 1 aromatic heterocycles. The molecule has 0 radical (unpaired) electrons. The summed E-state index contributed by atoms with van der Waals surface area (Å²) in [6.45, 7) is 7.33. The number of hydrogen-bond donors (Lipinski definition) is 1. The SMILES string of the molecule is Cc1cccc(NC(=O)C(C)C2CCN(C(=O)c3ccc4oc(-c5ccccc5)nc4c3)CC2)c1C. The summed E-state index contributed by atoms with van der Waals surface area (Å²) in [4.78, 5) is 32.6. The molecule has 1 aliphatic heterocycles. The fraction of sp³-hybridized carbons (Fsp3) is 0.300. The van der Waals surface area contributed by atoms with Gasteiger partial charge in [-0.15, -0.1) is 0 Å². The maximum Gasteiger partial charge on any atom is 0.253 e. The van der Waals surface area contributed by atoms with Crippen molar-refractivity contribution in [2.45, 2.75) is 33.6 Å². The fourth-order valence-corrected chi connectivity index (χ4v) is 4.90. The molecular weight excluding hydrogens is 450 g/mol. The summed E-state index contributed by atoms with van der Waals surface area (Å²) in [5, 5.41) is 3.10. The van der Waals surface area contributed by atoms with Crippen LogP contribution in [0.25, 0.3) is 22.6 Å². The van der Waals surface area contributed by atoms with Crippen molar-refractivity contribution in [3.63, 3.8) is 0 Å². The molecule has 2 amide bonds. The Morgan fingerprint density at radius 1 is 1.00 bits per heavy atom. The van der Waals surface area contributed by atoms with E-state index in [2.05, 4.69) is 10.3 Å². The first-order valence-electron chi connectivity index (χ1n) is 12.5. The first kappa shape index (κ1) is 23.8. The van der Waals surface area contributed by atoms with E-state index in [1.54, 1.807) is 12.1 Å². The fourth-order valence-electron chi connectivity index (χ4n) is 4.90. The van der Waals surface area contributed by atoms with Gasteiger partial charge >= 0.3 is 0 Å². The smallest absolute Gasteiger partial charge is 0.253 e. The monoisotopic (exact) mass is 481 g/mol. The highest BCUT2D eigenvalue weighted by atomic mass is 16.3. The highest BCUT2D eigenvalue weighted by molar-refractivity contribution is 5.97. The summed E-state index contributed by atoms with van der Waals surface area (Å²) in [6, 6.07) is 21.1. The summed E-state index contributed by atoms with van der Waals surface area (Å²) < 4.78 is 5.88. The first-order valence-corrected chi connectivity index (χ1v) is 12.5. The van der Waals surface area contributed by atoms with Gasteiger partial charge in [-0.25, -0.2) is 4.98 Å². The van der Waals surface area contributed by atoms with Crippen LogP contribution in [-0.2, 0) is 4.79 Å². The molecule has 2 heterocycles. The van der Waals surface area contributed by atoms with Crippen LogP contribution in [0, 0.1) is 25.7 Å². The second kappa shape index (κ2) is 9.97. The van der Waals surface area contributed by atoms with Crippen LogP contribution in [0.15, 0.2) is 71.1 Å². The maximum atomic E-state index is 13.2. The lowest BCUT2D eigenvalue weighted by Crippen LogP contribution is -2.41. The number of nitrogens with one attached hydrogen (secondary N) is 1. The van der Waals surface area contributed by atoms with Gasteiger partial charge in [0.25, 0.3) is 5.91 Å². The molecule has 0 spiro atoms. The van der Waals surface area contributed by atoms with Gasteiger partial charge in [0.1, 0.15) is 5.52 Å². The van der Waals surface area contributed by atoms with Crippen LogP contribution in [-0.4, -0.2) is 34.8 Å². The summed E-state index contributed by atoms with van der Waals surface area (Å²) >= 11 is 0. The number of nitrogens with zero attached hydrogens (tertiary/aromatic N) is 2. The summed E-state index contributed by atoms with van der Waals surface area (Å²) in [7, 11) is 0. The molecule has 1 fully saturated rings. The minimum absolute atomic E-state index is 0.00731. The second-order valence-electron chi connectivity index (χ2n) is 9.72. The predicted octanol–water partition coefficient (Wildman–Crippen LogP) is 6.24. The number of aromatic nitrogens is 1. The molecule has 1 N–H and O–H groups in total. The third kappa shape index (κ3) is 4.76. The summed E-state index contributed by atoms with van der Waals surface area (Å²) in [5.74, 6) is 0.700. The standard InChI is InChI=1S/C30H31N3O3/c1-19-8-7-11-25(20(19)2)31-28(34)21(3)22-14-16-33(17-15-22)30(35)24-12-13-27-26(18-24)32-29(36-27)23-9-5-4-6-10-23/h4-13,18,21-22H,14-17H2,1-3H3,(H,31,34). The maximum absolute atomic E-state index is 13.2. The van der Waals surface area contributed by atoms with E-state index in [0.29, 0.717) is 35.6 Å². The lowest BCUT2D eigenvalue weighted by Gasteiger charge is -2.34. The van der Waals surface area contributed by atoms with Crippen molar-refractivity contribution in [2.75, 3.05) is 18.4 Å². The Morgan fingerprint density at radius 2 is 1.75 bits per heavy atom. The van der Waals surface area contributed by atoms with E-state index in [1.165, 1.54) is 0 Å². The van der Waals surface area contributed by atoms with Gasteiger partial charge in [-0.3, -0.25) is 9.59 Å². The number of oxazole rings is 1. The van der Waals surface area contributed by atoms with Crippen molar-refractivity contribution in [1.82, 2.24) is 9.88 Å². The Labute approximate surface area is 211 Å². The van der Waals surface area contributed by atoms with Gasteiger partial charge in [0.2, 0.25) is 11.8 Å². The van der Waals surface area contributed by atoms with Crippen molar-refractivity contribution in [2.24, 2.45) is 11.8 Å². The normalized spacial score (nSPS) is 15.1. The third-order valence-electron chi connectivity index (χ3n) is 7.47. The number of aryl methyl sites for hydroxylation is 1. The number of amides is 2. The largest absolute Gasteiger partial charge is 0.436 e. The Kier molecular flexibility index (Phi) is 6.59. The van der Waals surface area contributed by atoms with Crippen molar-refractivity contribution in [3.8, 4) is 11.5 Å². The van der Waals surface area contributed by atoms with E-state index in [1.807, 2.05) is 80.3 Å². The van der Waals surface area contributed by atoms with E-state index < -0.39 is 0 Å². The van der Waals surface area contributed by atoms with E-state index in [-0.39, 0.29) is 23.7 Å². The molecular formula is C30H31N3O3. The molecule has 5 rings (SSSR count). The molecule has 0 saturated carbocycles. The van der Waals surface area contributed by atoms with Gasteiger partial charge in [-0.1, -0.05) is 37.3 Å². The molecule has 1 unspecified atom stereocenters. The lowest BCUT2D eigenvalue weighted by atomic mass is 9.84. The molecule has 184 valence electrons. The molecule has 6 heteroatoms. The molecule has 0 bridgehead atoms. The number of hydrogen-bond acceptors (Lipinski definition) is 4. The van der Waals surface area contributed by atoms with Gasteiger partial charge in [-0.2, -0.15) is 0 Å². The molecule has 6 nitrogen and oxygen atoms in total. The van der Waals surface area contributed by atoms with Crippen LogP contribution in [0.1, 0.15) is 41.3 Å². The Hall–Kier alpha value is -3.93. The van der Waals surface area contributed by atoms with Crippen LogP contribution >= 0.6 is 0 Å². The molecule has 1 saturated heterocycles. The quantitative estimate of drug-likeness (QED) is 0.366. The predicted molar refractivity (Wildman–Crippen MR) is 142 cm³/mol. The van der Waals surface area contributed by atoms with Crippen LogP contribution in [0.4, 0.5) is 5.69 Å². The number of carbonyl (C=O) groups is 2. The Morgan fingerprint density at radius 3 is 2.50 bits per heavy atom. The zero-order chi connectivity index (χ0) is 25.2. The average Bonchev–Trinajstić information content (AvgIpc) is 3.34. The number of carbonyl (C=O) groups excluding carboxylic acids is 2. The van der Waals surface area contributed by atoms with Gasteiger partial charge < -0.3 is 14.6 Å². The summed E-state index contributed by atoms with van der Waals surface area (Å²) in [5.41, 5.74) is 5.97. The van der Waals surface area contributed by atoms with Crippen LogP contribution < -0.4 is 5.32 Å². The second-order valence-corrected chi connectivity index (χ2v) is 9.72. The minimum atomic E-state index is -0.120. The minimum Gasteiger partial charge on any atom is -0.436 e. The number of piperidine rings is 1. The molecule has 0 aliphatic carbocycles. The van der Waals surface area contributed by atoms with Crippen molar-refractivity contribution >= 4 is 28.6 Å².